The number of hydrogen-bond acceptors (Lipinski definition) is 8. The number of aromatic nitrogens is 4. The number of ether oxygens (including phenoxy) is 1. The molecule has 1 aliphatic heterocycles. The predicted octanol–water partition coefficient (Wildman–Crippen LogP) is 3.91. The van der Waals surface area contributed by atoms with Crippen LogP contribution in [0.5, 0.6) is 5.75 Å². The third kappa shape index (κ3) is 4.94. The Labute approximate surface area is 199 Å². The standard InChI is InChI=1S/C25H28N8O/c1-31-10-12-32(13-11-31)22-6-7-23(24(16-22)34-2)30-25-15-20(8-9-26-25)29-19-4-3-5-21(14-19)33-17-27-28-18-33/h3-9,14-18H,10-13H2,1-2H3,(H2,26,29,30). The summed E-state index contributed by atoms with van der Waals surface area (Å²) in [4.78, 5) is 9.23. The molecule has 2 aromatic heterocycles. The molecule has 1 saturated heterocycles. The molecule has 9 nitrogen and oxygen atoms in total. The molecule has 0 saturated carbocycles. The van der Waals surface area contributed by atoms with Gasteiger partial charge in [-0.3, -0.25) is 4.57 Å². The molecule has 2 aromatic carbocycles. The Morgan fingerprint density at radius 2 is 1.62 bits per heavy atom. The number of methoxy groups -OCH3 is 1. The Morgan fingerprint density at radius 1 is 0.824 bits per heavy atom. The van der Waals surface area contributed by atoms with E-state index in [4.69, 9.17) is 4.74 Å². The molecule has 1 aliphatic rings. The minimum absolute atomic E-state index is 0.727. The van der Waals surface area contributed by atoms with E-state index in [0.717, 1.165) is 60.5 Å². The highest BCUT2D eigenvalue weighted by Gasteiger charge is 2.16. The summed E-state index contributed by atoms with van der Waals surface area (Å²) in [5.41, 5.74) is 4.91. The van der Waals surface area contributed by atoms with Gasteiger partial charge in [-0.1, -0.05) is 6.07 Å². The third-order valence-electron chi connectivity index (χ3n) is 5.93. The zero-order valence-corrected chi connectivity index (χ0v) is 19.3. The molecule has 9 heteroatoms. The zero-order chi connectivity index (χ0) is 23.3. The van der Waals surface area contributed by atoms with Crippen LogP contribution < -0.4 is 20.3 Å². The average molecular weight is 457 g/mol. The van der Waals surface area contributed by atoms with Crippen LogP contribution in [0.4, 0.5) is 28.6 Å². The average Bonchev–Trinajstić information content (AvgIpc) is 3.41. The number of hydrogen-bond donors (Lipinski definition) is 2. The van der Waals surface area contributed by atoms with Gasteiger partial charge in [-0.15, -0.1) is 10.2 Å². The minimum Gasteiger partial charge on any atom is -0.494 e. The summed E-state index contributed by atoms with van der Waals surface area (Å²) in [6.07, 6.45) is 5.13. The van der Waals surface area contributed by atoms with E-state index in [2.05, 4.69) is 60.9 Å². The maximum atomic E-state index is 5.69. The van der Waals surface area contributed by atoms with Crippen molar-refractivity contribution in [3.05, 3.63) is 73.4 Å². The van der Waals surface area contributed by atoms with E-state index >= 15 is 0 Å². The Balaban J connectivity index is 1.31. The number of benzene rings is 2. The summed E-state index contributed by atoms with van der Waals surface area (Å²) in [5.74, 6) is 1.52. The zero-order valence-electron chi connectivity index (χ0n) is 19.3. The van der Waals surface area contributed by atoms with Crippen LogP contribution in [0.25, 0.3) is 5.69 Å². The smallest absolute Gasteiger partial charge is 0.144 e. The molecule has 0 radical (unpaired) electrons. The van der Waals surface area contributed by atoms with Crippen molar-refractivity contribution in [2.75, 3.05) is 55.9 Å². The molecule has 0 bridgehead atoms. The second-order valence-electron chi connectivity index (χ2n) is 8.27. The molecular weight excluding hydrogens is 428 g/mol. The van der Waals surface area contributed by atoms with E-state index in [-0.39, 0.29) is 0 Å². The molecule has 1 fully saturated rings. The number of nitrogens with zero attached hydrogens (tertiary/aromatic N) is 6. The fourth-order valence-electron chi connectivity index (χ4n) is 4.00. The SMILES string of the molecule is COc1cc(N2CCN(C)CC2)ccc1Nc1cc(Nc2cccc(-n3cnnc3)c2)ccn1. The van der Waals surface area contributed by atoms with Crippen molar-refractivity contribution in [3.63, 3.8) is 0 Å². The fourth-order valence-corrected chi connectivity index (χ4v) is 4.00. The van der Waals surface area contributed by atoms with Crippen LogP contribution in [0, 0.1) is 0 Å². The topological polar surface area (TPSA) is 83.4 Å². The molecule has 3 heterocycles. The van der Waals surface area contributed by atoms with E-state index < -0.39 is 0 Å². The van der Waals surface area contributed by atoms with Crippen molar-refractivity contribution in [3.8, 4) is 11.4 Å². The van der Waals surface area contributed by atoms with Crippen molar-refractivity contribution in [1.82, 2.24) is 24.6 Å². The molecule has 5 rings (SSSR count). The lowest BCUT2D eigenvalue weighted by Gasteiger charge is -2.34. The van der Waals surface area contributed by atoms with Gasteiger partial charge in [0, 0.05) is 61.6 Å². The maximum Gasteiger partial charge on any atom is 0.144 e. The highest BCUT2D eigenvalue weighted by atomic mass is 16.5. The van der Waals surface area contributed by atoms with Gasteiger partial charge in [-0.05, 0) is 43.4 Å². The molecule has 4 aromatic rings. The summed E-state index contributed by atoms with van der Waals surface area (Å²) in [6.45, 7) is 4.16. The van der Waals surface area contributed by atoms with Gasteiger partial charge in [-0.2, -0.15) is 0 Å². The number of likely N-dealkylation sites (N-methyl/N-ethyl adjacent to an activating group) is 1. The third-order valence-corrected chi connectivity index (χ3v) is 5.93. The van der Waals surface area contributed by atoms with Crippen LogP contribution in [0.3, 0.4) is 0 Å². The first-order chi connectivity index (χ1) is 16.7. The second-order valence-corrected chi connectivity index (χ2v) is 8.27. The lowest BCUT2D eigenvalue weighted by molar-refractivity contribution is 0.312. The normalized spacial score (nSPS) is 14.1. The highest BCUT2D eigenvalue weighted by Crippen LogP contribution is 2.32. The molecule has 174 valence electrons. The van der Waals surface area contributed by atoms with Crippen molar-refractivity contribution < 1.29 is 4.74 Å². The van der Waals surface area contributed by atoms with Gasteiger partial charge in [-0.25, -0.2) is 4.98 Å². The molecule has 0 spiro atoms. The van der Waals surface area contributed by atoms with Crippen molar-refractivity contribution >= 4 is 28.6 Å². The Bertz CT molecular complexity index is 1240. The largest absolute Gasteiger partial charge is 0.494 e. The van der Waals surface area contributed by atoms with Crippen LogP contribution in [-0.2, 0) is 0 Å². The summed E-state index contributed by atoms with van der Waals surface area (Å²) in [7, 11) is 3.86. The minimum atomic E-state index is 0.727. The number of rotatable bonds is 7. The molecule has 0 atom stereocenters. The quantitative estimate of drug-likeness (QED) is 0.433. The first kappa shape index (κ1) is 21.7. The molecular formula is C25H28N8O. The van der Waals surface area contributed by atoms with Gasteiger partial charge >= 0.3 is 0 Å². The Kier molecular flexibility index (Phi) is 6.26. The molecule has 0 aliphatic carbocycles. The lowest BCUT2D eigenvalue weighted by Crippen LogP contribution is -2.44. The van der Waals surface area contributed by atoms with Crippen molar-refractivity contribution in [2.24, 2.45) is 0 Å². The van der Waals surface area contributed by atoms with E-state index in [1.165, 1.54) is 5.69 Å². The number of piperazine rings is 1. The van der Waals surface area contributed by atoms with Gasteiger partial charge in [0.15, 0.2) is 0 Å². The Morgan fingerprint density at radius 3 is 2.41 bits per heavy atom. The van der Waals surface area contributed by atoms with E-state index in [9.17, 15) is 0 Å². The first-order valence-electron chi connectivity index (χ1n) is 11.2. The molecule has 0 unspecified atom stereocenters. The van der Waals surface area contributed by atoms with Crippen molar-refractivity contribution in [1.29, 1.82) is 0 Å². The van der Waals surface area contributed by atoms with Crippen LogP contribution in [0.1, 0.15) is 0 Å². The summed E-state index contributed by atoms with van der Waals surface area (Å²) in [5, 5.41) is 14.6. The predicted molar refractivity (Wildman–Crippen MR) is 135 cm³/mol. The van der Waals surface area contributed by atoms with E-state index in [1.807, 2.05) is 41.0 Å². The van der Waals surface area contributed by atoms with Gasteiger partial charge in [0.2, 0.25) is 0 Å². The van der Waals surface area contributed by atoms with Gasteiger partial charge in [0.05, 0.1) is 18.5 Å². The number of anilines is 5. The van der Waals surface area contributed by atoms with Crippen LogP contribution in [0.2, 0.25) is 0 Å². The van der Waals surface area contributed by atoms with Gasteiger partial charge in [0.25, 0.3) is 0 Å². The van der Waals surface area contributed by atoms with E-state index in [0.29, 0.717) is 0 Å². The van der Waals surface area contributed by atoms with Gasteiger partial charge < -0.3 is 25.2 Å². The van der Waals surface area contributed by atoms with Crippen LogP contribution in [0.15, 0.2) is 73.4 Å². The summed E-state index contributed by atoms with van der Waals surface area (Å²) < 4.78 is 7.55. The molecule has 34 heavy (non-hydrogen) atoms. The highest BCUT2D eigenvalue weighted by molar-refractivity contribution is 5.71. The van der Waals surface area contributed by atoms with Crippen LogP contribution in [-0.4, -0.2) is 65.0 Å². The monoisotopic (exact) mass is 456 g/mol. The first-order valence-corrected chi connectivity index (χ1v) is 11.2. The number of nitrogens with one attached hydrogen (secondary N) is 2. The lowest BCUT2D eigenvalue weighted by atomic mass is 10.2. The second kappa shape index (κ2) is 9.80. The molecule has 0 amide bonds. The summed E-state index contributed by atoms with van der Waals surface area (Å²) in [6, 6.07) is 18.2. The number of pyridine rings is 1. The van der Waals surface area contributed by atoms with E-state index in [1.54, 1.807) is 26.0 Å². The fraction of sp³-hybridized carbons (Fsp3) is 0.240. The Hall–Kier alpha value is -4.11. The molecule has 2 N–H and O–H groups in total. The van der Waals surface area contributed by atoms with Crippen molar-refractivity contribution in [2.45, 2.75) is 0 Å². The summed E-state index contributed by atoms with van der Waals surface area (Å²) >= 11 is 0. The van der Waals surface area contributed by atoms with Gasteiger partial charge in [0.1, 0.15) is 24.2 Å². The maximum absolute atomic E-state index is 5.69. The van der Waals surface area contributed by atoms with Crippen LogP contribution >= 0.6 is 0 Å².